The van der Waals surface area contributed by atoms with E-state index in [0.29, 0.717) is 12.2 Å². The molecule has 2 aliphatic rings. The first-order valence-corrected chi connectivity index (χ1v) is 10.2. The molecule has 4 rings (SSSR count). The van der Waals surface area contributed by atoms with Gasteiger partial charge in [0.25, 0.3) is 5.91 Å². The number of carbonyl (C=O) groups excluding carboxylic acids is 3. The topological polar surface area (TPSA) is 79.3 Å². The number of benzene rings is 2. The summed E-state index contributed by atoms with van der Waals surface area (Å²) in [5, 5.41) is 0.203. The zero-order valence-corrected chi connectivity index (χ0v) is 17.1. The Morgan fingerprint density at radius 1 is 1.10 bits per heavy atom. The number of thioether (sulfide) groups is 1. The standard InChI is InChI=1S/C22H19N3O4S/c1-29-19(26)14-18-20(27)25(16-10-3-2-4-11-16)22(30-18)23-21(28)24-13-7-9-15-8-5-6-12-17(15)24/h2-6,8,10-12,14H,7,9,13H2,1H3. The number of carbonyl (C=O) groups is 3. The maximum Gasteiger partial charge on any atom is 0.350 e. The van der Waals surface area contributed by atoms with Crippen LogP contribution in [0.15, 0.2) is 70.6 Å². The van der Waals surface area contributed by atoms with Crippen LogP contribution in [0, 0.1) is 0 Å². The number of urea groups is 1. The molecule has 7 nitrogen and oxygen atoms in total. The van der Waals surface area contributed by atoms with E-state index in [2.05, 4.69) is 9.73 Å². The van der Waals surface area contributed by atoms with E-state index in [-0.39, 0.29) is 10.1 Å². The highest BCUT2D eigenvalue weighted by atomic mass is 32.2. The molecule has 8 heteroatoms. The third kappa shape index (κ3) is 3.86. The van der Waals surface area contributed by atoms with E-state index >= 15 is 0 Å². The lowest BCUT2D eigenvalue weighted by Crippen LogP contribution is -2.36. The highest BCUT2D eigenvalue weighted by Crippen LogP contribution is 2.35. The van der Waals surface area contributed by atoms with E-state index in [1.165, 1.54) is 12.0 Å². The number of aryl methyl sites for hydroxylation is 1. The number of methoxy groups -OCH3 is 1. The van der Waals surface area contributed by atoms with Crippen LogP contribution in [0.2, 0.25) is 0 Å². The maximum atomic E-state index is 13.1. The lowest BCUT2D eigenvalue weighted by atomic mass is 10.0. The first kappa shape index (κ1) is 19.9. The molecule has 1 fully saturated rings. The van der Waals surface area contributed by atoms with Gasteiger partial charge in [0, 0.05) is 18.3 Å². The Morgan fingerprint density at radius 2 is 1.83 bits per heavy atom. The first-order valence-electron chi connectivity index (χ1n) is 9.43. The minimum atomic E-state index is -0.642. The number of esters is 1. The number of ether oxygens (including phenoxy) is 1. The third-order valence-electron chi connectivity index (χ3n) is 4.80. The summed E-state index contributed by atoms with van der Waals surface area (Å²) in [6.45, 7) is 0.557. The third-order valence-corrected chi connectivity index (χ3v) is 5.77. The molecular weight excluding hydrogens is 402 g/mol. The van der Waals surface area contributed by atoms with Gasteiger partial charge in [0.2, 0.25) is 0 Å². The number of amidine groups is 1. The normalized spacial score (nSPS) is 18.6. The molecule has 1 saturated heterocycles. The van der Waals surface area contributed by atoms with Crippen molar-refractivity contribution in [2.75, 3.05) is 23.5 Å². The van der Waals surface area contributed by atoms with Crippen molar-refractivity contribution in [1.82, 2.24) is 0 Å². The minimum Gasteiger partial charge on any atom is -0.466 e. The summed E-state index contributed by atoms with van der Waals surface area (Å²) in [4.78, 5) is 45.1. The van der Waals surface area contributed by atoms with Gasteiger partial charge in [0.1, 0.15) is 0 Å². The van der Waals surface area contributed by atoms with E-state index < -0.39 is 17.9 Å². The number of fused-ring (bicyclic) bond motifs is 1. The van der Waals surface area contributed by atoms with Gasteiger partial charge < -0.3 is 4.74 Å². The second-order valence-corrected chi connectivity index (χ2v) is 7.68. The molecule has 0 unspecified atom stereocenters. The number of rotatable bonds is 2. The van der Waals surface area contributed by atoms with E-state index in [1.54, 1.807) is 29.2 Å². The fourth-order valence-electron chi connectivity index (χ4n) is 3.39. The molecule has 152 valence electrons. The molecule has 0 spiro atoms. The zero-order valence-electron chi connectivity index (χ0n) is 16.3. The van der Waals surface area contributed by atoms with Gasteiger partial charge in [0.05, 0.1) is 17.7 Å². The van der Waals surface area contributed by atoms with Crippen LogP contribution < -0.4 is 9.80 Å². The predicted molar refractivity (Wildman–Crippen MR) is 117 cm³/mol. The number of anilines is 2. The average Bonchev–Trinajstić information content (AvgIpc) is 3.08. The number of para-hydroxylation sites is 2. The van der Waals surface area contributed by atoms with Crippen LogP contribution >= 0.6 is 11.8 Å². The molecule has 0 bridgehead atoms. The number of hydrogen-bond donors (Lipinski definition) is 0. The molecule has 0 aliphatic carbocycles. The van der Waals surface area contributed by atoms with Gasteiger partial charge in [-0.15, -0.1) is 0 Å². The highest BCUT2D eigenvalue weighted by Gasteiger charge is 2.36. The minimum absolute atomic E-state index is 0.149. The van der Waals surface area contributed by atoms with Crippen LogP contribution in [0.25, 0.3) is 0 Å². The number of nitrogens with zero attached hydrogens (tertiary/aromatic N) is 3. The second kappa shape index (κ2) is 8.54. The first-order chi connectivity index (χ1) is 14.6. The van der Waals surface area contributed by atoms with Gasteiger partial charge in [-0.3, -0.25) is 14.6 Å². The summed E-state index contributed by atoms with van der Waals surface area (Å²) < 4.78 is 4.64. The molecule has 0 N–H and O–H groups in total. The monoisotopic (exact) mass is 421 g/mol. The van der Waals surface area contributed by atoms with Gasteiger partial charge >= 0.3 is 12.0 Å². The molecule has 2 heterocycles. The summed E-state index contributed by atoms with van der Waals surface area (Å²) in [5.41, 5.74) is 2.50. The van der Waals surface area contributed by atoms with Crippen molar-refractivity contribution in [2.45, 2.75) is 12.8 Å². The van der Waals surface area contributed by atoms with E-state index in [1.807, 2.05) is 30.3 Å². The van der Waals surface area contributed by atoms with E-state index in [0.717, 1.165) is 41.9 Å². The number of hydrogen-bond acceptors (Lipinski definition) is 5. The van der Waals surface area contributed by atoms with Crippen LogP contribution in [-0.2, 0) is 20.7 Å². The highest BCUT2D eigenvalue weighted by molar-refractivity contribution is 8.19. The Kier molecular flexibility index (Phi) is 5.67. The predicted octanol–water partition coefficient (Wildman–Crippen LogP) is 3.75. The van der Waals surface area contributed by atoms with Gasteiger partial charge in [-0.2, -0.15) is 4.99 Å². The Labute approximate surface area is 178 Å². The summed E-state index contributed by atoms with van der Waals surface area (Å²) in [6.07, 6.45) is 2.87. The van der Waals surface area contributed by atoms with Crippen molar-refractivity contribution in [3.05, 3.63) is 71.1 Å². The molecule has 0 aromatic heterocycles. The summed E-state index contributed by atoms with van der Waals surface area (Å²) in [6, 6.07) is 16.2. The Balaban J connectivity index is 1.71. The molecular formula is C22H19N3O4S. The lowest BCUT2D eigenvalue weighted by molar-refractivity contribution is -0.135. The molecule has 2 aromatic rings. The van der Waals surface area contributed by atoms with Crippen LogP contribution in [-0.4, -0.2) is 36.7 Å². The van der Waals surface area contributed by atoms with Crippen molar-refractivity contribution < 1.29 is 19.1 Å². The van der Waals surface area contributed by atoms with Gasteiger partial charge in [-0.05, 0) is 48.4 Å². The van der Waals surface area contributed by atoms with Crippen LogP contribution in [0.1, 0.15) is 12.0 Å². The Bertz CT molecular complexity index is 1070. The fourth-order valence-corrected chi connectivity index (χ4v) is 4.33. The lowest BCUT2D eigenvalue weighted by Gasteiger charge is -2.28. The molecule has 2 aromatic carbocycles. The summed E-state index contributed by atoms with van der Waals surface area (Å²) >= 11 is 0.978. The molecule has 0 saturated carbocycles. The van der Waals surface area contributed by atoms with E-state index in [4.69, 9.17) is 0 Å². The van der Waals surface area contributed by atoms with Gasteiger partial charge in [0.15, 0.2) is 5.17 Å². The van der Waals surface area contributed by atoms with Crippen molar-refractivity contribution in [3.63, 3.8) is 0 Å². The average molecular weight is 421 g/mol. The van der Waals surface area contributed by atoms with Crippen molar-refractivity contribution >= 4 is 46.2 Å². The molecule has 30 heavy (non-hydrogen) atoms. The quantitative estimate of drug-likeness (QED) is 0.545. The van der Waals surface area contributed by atoms with Crippen LogP contribution in [0.5, 0.6) is 0 Å². The largest absolute Gasteiger partial charge is 0.466 e. The molecule has 3 amide bonds. The Morgan fingerprint density at radius 3 is 2.60 bits per heavy atom. The van der Waals surface area contributed by atoms with Crippen LogP contribution in [0.3, 0.4) is 0 Å². The van der Waals surface area contributed by atoms with Crippen molar-refractivity contribution in [2.24, 2.45) is 4.99 Å². The van der Waals surface area contributed by atoms with E-state index in [9.17, 15) is 14.4 Å². The SMILES string of the molecule is COC(=O)C=C1SC(=NC(=O)N2CCCc3ccccc32)N(c2ccccc2)C1=O. The van der Waals surface area contributed by atoms with Crippen molar-refractivity contribution in [3.8, 4) is 0 Å². The smallest absolute Gasteiger partial charge is 0.350 e. The summed E-state index contributed by atoms with van der Waals surface area (Å²) in [7, 11) is 1.24. The molecule has 0 radical (unpaired) electrons. The number of amides is 3. The molecule has 0 atom stereocenters. The maximum absolute atomic E-state index is 13.1. The van der Waals surface area contributed by atoms with Crippen LogP contribution in [0.4, 0.5) is 16.2 Å². The summed E-state index contributed by atoms with van der Waals surface area (Å²) in [5.74, 6) is -1.07. The second-order valence-electron chi connectivity index (χ2n) is 6.67. The molecule has 2 aliphatic heterocycles. The Hall–Kier alpha value is -3.39. The fraction of sp³-hybridized carbons (Fsp3) is 0.182. The van der Waals surface area contributed by atoms with Gasteiger partial charge in [-0.1, -0.05) is 36.4 Å². The zero-order chi connectivity index (χ0) is 21.1. The van der Waals surface area contributed by atoms with Crippen molar-refractivity contribution in [1.29, 1.82) is 0 Å². The van der Waals surface area contributed by atoms with Gasteiger partial charge in [-0.25, -0.2) is 9.59 Å². The number of aliphatic imine (C=N–C) groups is 1.